The van der Waals surface area contributed by atoms with E-state index in [1.165, 1.54) is 11.3 Å². The van der Waals surface area contributed by atoms with Crippen LogP contribution >= 0.6 is 22.7 Å². The molecule has 528 valence electrons. The van der Waals surface area contributed by atoms with Crippen molar-refractivity contribution >= 4 is 95.6 Å². The van der Waals surface area contributed by atoms with Crippen LogP contribution in [0.4, 0.5) is 10.3 Å². The minimum absolute atomic E-state index is 0.118. The van der Waals surface area contributed by atoms with Crippen molar-refractivity contribution in [2.24, 2.45) is 10.2 Å². The van der Waals surface area contributed by atoms with E-state index in [0.717, 1.165) is 146 Å². The molecule has 8 aromatic rings. The molecular weight excluding hydrogens is 1310 g/mol. The fourth-order valence-electron chi connectivity index (χ4n) is 10.1. The first kappa shape index (κ1) is 76.0. The molecule has 0 bridgehead atoms. The van der Waals surface area contributed by atoms with Crippen LogP contribution in [0, 0.1) is 0 Å². The second-order valence-corrected chi connectivity index (χ2v) is 25.5. The molecule has 2 heterocycles. The normalized spacial score (nSPS) is 11.2. The largest absolute Gasteiger partial charge is 0.494 e. The summed E-state index contributed by atoms with van der Waals surface area (Å²) in [5, 5.41) is 15.1. The number of fused-ring (bicyclic) bond motifs is 2. The summed E-state index contributed by atoms with van der Waals surface area (Å²) in [5.41, 5.74) is 3.24. The highest BCUT2D eigenvalue weighted by Gasteiger charge is 2.19. The van der Waals surface area contributed by atoms with Crippen LogP contribution < -0.4 is 38.6 Å². The highest BCUT2D eigenvalue weighted by atomic mass is 32.1. The Labute approximate surface area is 593 Å². The van der Waals surface area contributed by atoms with Gasteiger partial charge in [0.05, 0.1) is 77.0 Å². The van der Waals surface area contributed by atoms with Gasteiger partial charge in [0.2, 0.25) is 10.3 Å². The topological polar surface area (TPSA) is 225 Å². The molecule has 0 fully saturated rings. The molecule has 0 atom stereocenters. The maximum absolute atomic E-state index is 13.7. The van der Waals surface area contributed by atoms with Gasteiger partial charge in [-0.1, -0.05) is 119 Å². The molecule has 0 aliphatic rings. The predicted molar refractivity (Wildman–Crippen MR) is 394 cm³/mol. The van der Waals surface area contributed by atoms with E-state index in [9.17, 15) is 24.0 Å². The number of para-hydroxylation sites is 2. The van der Waals surface area contributed by atoms with E-state index in [4.69, 9.17) is 63.1 Å². The van der Waals surface area contributed by atoms with Crippen molar-refractivity contribution in [3.8, 4) is 34.5 Å². The van der Waals surface area contributed by atoms with Crippen LogP contribution in [-0.4, -0.2) is 98.4 Å². The third-order valence-electron chi connectivity index (χ3n) is 15.6. The Morgan fingerprint density at radius 3 is 1.34 bits per heavy atom. The second kappa shape index (κ2) is 42.9. The van der Waals surface area contributed by atoms with Crippen LogP contribution in [0.3, 0.4) is 0 Å². The van der Waals surface area contributed by atoms with Gasteiger partial charge in [0.1, 0.15) is 28.7 Å². The Morgan fingerprint density at radius 1 is 0.450 bits per heavy atom. The number of hydrazone groups is 2. The van der Waals surface area contributed by atoms with E-state index in [1.54, 1.807) is 109 Å². The first-order valence-corrected chi connectivity index (χ1v) is 36.2. The number of unbranched alkanes of at least 4 members (excludes halogenated alkanes) is 14. The highest BCUT2D eigenvalue weighted by Crippen LogP contribution is 2.33. The maximum Gasteiger partial charge on any atom is 0.343 e. The Hall–Kier alpha value is -9.77. The zero-order valence-corrected chi connectivity index (χ0v) is 58.9. The number of benzene rings is 6. The lowest BCUT2D eigenvalue weighted by atomic mass is 10.2. The molecular formula is C78H90N6O14S2. The molecule has 6 aromatic carbocycles. The Morgan fingerprint density at radius 2 is 0.870 bits per heavy atom. The number of nitrogens with zero attached hydrogens (tertiary/aromatic N) is 6. The molecule has 0 radical (unpaired) electrons. The van der Waals surface area contributed by atoms with Crippen LogP contribution in [0.1, 0.15) is 174 Å². The molecule has 22 heteroatoms. The van der Waals surface area contributed by atoms with Crippen molar-refractivity contribution in [2.75, 3.05) is 56.1 Å². The molecule has 20 nitrogen and oxygen atoms in total. The number of ether oxygens (including phenoxy) is 7. The Bertz CT molecular complexity index is 3880. The minimum Gasteiger partial charge on any atom is -0.494 e. The van der Waals surface area contributed by atoms with Gasteiger partial charge in [-0.2, -0.15) is 15.1 Å². The number of thiazole rings is 2. The van der Waals surface area contributed by atoms with Crippen molar-refractivity contribution < 1.29 is 66.9 Å². The van der Waals surface area contributed by atoms with Crippen LogP contribution in [0.2, 0.25) is 0 Å². The van der Waals surface area contributed by atoms with Crippen LogP contribution in [0.15, 0.2) is 169 Å². The lowest BCUT2D eigenvalue weighted by Gasteiger charge is -2.16. The molecule has 0 saturated carbocycles. The van der Waals surface area contributed by atoms with Gasteiger partial charge in [-0.15, -0.1) is 0 Å². The van der Waals surface area contributed by atoms with Gasteiger partial charge in [-0.3, -0.25) is 4.79 Å². The summed E-state index contributed by atoms with van der Waals surface area (Å²) in [7, 11) is 0. The average molecular weight is 1400 g/mol. The van der Waals surface area contributed by atoms with E-state index < -0.39 is 29.8 Å². The molecule has 100 heavy (non-hydrogen) atoms. The van der Waals surface area contributed by atoms with E-state index >= 15 is 0 Å². The van der Waals surface area contributed by atoms with Crippen molar-refractivity contribution in [1.29, 1.82) is 0 Å². The maximum atomic E-state index is 13.7. The van der Waals surface area contributed by atoms with Crippen molar-refractivity contribution in [3.05, 3.63) is 181 Å². The van der Waals surface area contributed by atoms with E-state index in [2.05, 4.69) is 27.0 Å². The number of hydrogen-bond donors (Lipinski definition) is 0. The Balaban J connectivity index is 0.873. The quantitative estimate of drug-likeness (QED) is 0.00657. The molecule has 0 N–H and O–H groups in total. The molecule has 0 aliphatic carbocycles. The van der Waals surface area contributed by atoms with Crippen molar-refractivity contribution in [2.45, 2.75) is 142 Å². The number of esters is 5. The van der Waals surface area contributed by atoms with Crippen LogP contribution in [0.5, 0.6) is 34.5 Å². The number of rotatable bonds is 47. The van der Waals surface area contributed by atoms with Gasteiger partial charge in [0, 0.05) is 42.8 Å². The molecule has 0 spiro atoms. The van der Waals surface area contributed by atoms with Crippen LogP contribution in [0.25, 0.3) is 20.4 Å². The SMILES string of the molecule is C=CC(=O)OCCCCCCOc1ccc(C(=O)Oc2ccc(OOCCCCCC(=O)Oc3ccc(OC(=O)c4ccc(OCCCCCCOC(=O)C=C)cc4)c(/C=N/N(CCCCCC)c4nc5ccccc5s4)c3)cc2/C=N/N(CCCCCC)c2nc3ccccc3s2)cc1. The van der Waals surface area contributed by atoms with E-state index in [0.29, 0.717) is 98.3 Å². The summed E-state index contributed by atoms with van der Waals surface area (Å²) in [5.74, 6) is -0.182. The minimum atomic E-state index is -0.600. The number of carbonyl (C=O) groups excluding carboxylic acids is 5. The monoisotopic (exact) mass is 1400 g/mol. The highest BCUT2D eigenvalue weighted by molar-refractivity contribution is 7.22. The molecule has 8 rings (SSSR count). The number of aromatic nitrogens is 2. The summed E-state index contributed by atoms with van der Waals surface area (Å²) < 4.78 is 42.0. The third kappa shape index (κ3) is 26.1. The molecule has 0 saturated heterocycles. The van der Waals surface area contributed by atoms with Gasteiger partial charge in [0.25, 0.3) is 0 Å². The predicted octanol–water partition coefficient (Wildman–Crippen LogP) is 18.0. The zero-order chi connectivity index (χ0) is 70.4. The van der Waals surface area contributed by atoms with Gasteiger partial charge in [-0.25, -0.2) is 39.2 Å². The number of carbonyl (C=O) groups is 5. The third-order valence-corrected chi connectivity index (χ3v) is 17.7. The number of hydrogen-bond acceptors (Lipinski definition) is 22. The fourth-order valence-corrected chi connectivity index (χ4v) is 12.0. The second-order valence-electron chi connectivity index (χ2n) is 23.5. The first-order chi connectivity index (χ1) is 49.0. The van der Waals surface area contributed by atoms with E-state index in [-0.39, 0.29) is 30.3 Å². The summed E-state index contributed by atoms with van der Waals surface area (Å²) in [6.07, 6.45) is 22.3. The van der Waals surface area contributed by atoms with E-state index in [1.807, 2.05) is 58.5 Å². The van der Waals surface area contributed by atoms with Crippen LogP contribution in [-0.2, 0) is 28.7 Å². The summed E-state index contributed by atoms with van der Waals surface area (Å²) in [4.78, 5) is 84.8. The standard InChI is InChI=1S/C78H90N6O14S2/c1-5-9-11-23-47-83(77-81-66-30-19-21-32-70(66)99-77)79-56-60-54-64(43-45-68(60)96-75(88)58-35-39-62(40-36-58)90-49-25-13-15-27-51-92-72(85)7-3)95-74(87)34-18-17-29-53-94-98-65-44-46-69(97-76(89)59-37-41-63(42-38-59)91-50-26-14-16-28-52-93-73(86)8-4)61(55-65)57-80-84(48-24-12-10-6-2)78-82-67-31-20-22-33-71(67)100-78/h7-8,19-22,30-33,35-46,54-57H,3-6,9-18,23-29,34,47-53H2,1-2H3/b79-56+,80-57+. The summed E-state index contributed by atoms with van der Waals surface area (Å²) in [6, 6.07) is 39.2. The first-order valence-electron chi connectivity index (χ1n) is 34.6. The summed E-state index contributed by atoms with van der Waals surface area (Å²) >= 11 is 3.09. The molecule has 0 unspecified atom stereocenters. The Kier molecular flexibility index (Phi) is 32.6. The molecule has 0 amide bonds. The smallest absolute Gasteiger partial charge is 0.343 e. The average Bonchev–Trinajstić information content (AvgIpc) is 1.53. The molecule has 2 aromatic heterocycles. The van der Waals surface area contributed by atoms with Gasteiger partial charge >= 0.3 is 29.8 Å². The van der Waals surface area contributed by atoms with Gasteiger partial charge in [-0.05, 0) is 186 Å². The molecule has 0 aliphatic heterocycles. The zero-order valence-electron chi connectivity index (χ0n) is 57.2. The summed E-state index contributed by atoms with van der Waals surface area (Å²) in [6.45, 7) is 14.3. The number of anilines is 2. The van der Waals surface area contributed by atoms with Gasteiger partial charge < -0.3 is 38.0 Å². The lowest BCUT2D eigenvalue weighted by Crippen LogP contribution is -2.18. The fraction of sp³-hybridized carbons (Fsp3) is 0.372. The van der Waals surface area contributed by atoms with Crippen molar-refractivity contribution in [3.63, 3.8) is 0 Å². The van der Waals surface area contributed by atoms with Crippen molar-refractivity contribution in [1.82, 2.24) is 9.97 Å². The lowest BCUT2D eigenvalue weighted by molar-refractivity contribution is -0.207. The van der Waals surface area contributed by atoms with Gasteiger partial charge in [0.15, 0.2) is 5.75 Å².